The van der Waals surface area contributed by atoms with Crippen LogP contribution in [0, 0.1) is 0 Å². The Morgan fingerprint density at radius 1 is 1.31 bits per heavy atom. The van der Waals surface area contributed by atoms with Gasteiger partial charge in [-0.3, -0.25) is 0 Å². The van der Waals surface area contributed by atoms with Crippen molar-refractivity contribution in [2.24, 2.45) is 7.05 Å². The van der Waals surface area contributed by atoms with Crippen molar-refractivity contribution in [3.05, 3.63) is 30.0 Å². The quantitative estimate of drug-likeness (QED) is 0.707. The molecule has 0 spiro atoms. The highest BCUT2D eigenvalue weighted by Crippen LogP contribution is 2.22. The van der Waals surface area contributed by atoms with Gasteiger partial charge in [0.2, 0.25) is 0 Å². The van der Waals surface area contributed by atoms with Crippen molar-refractivity contribution < 1.29 is 5.11 Å². The first-order chi connectivity index (χ1) is 6.22. The normalized spacial score (nSPS) is 10.9. The smallest absolute Gasteiger partial charge is 0.117 e. The van der Waals surface area contributed by atoms with Gasteiger partial charge in [0.1, 0.15) is 5.75 Å². The summed E-state index contributed by atoms with van der Waals surface area (Å²) in [5.74, 6) is 0.330. The summed E-state index contributed by atoms with van der Waals surface area (Å²) in [6.07, 6.45) is 1.02. The SMILES string of the molecule is CCc1cc2ccc(O)cc2n1C. The average molecular weight is 175 g/mol. The molecule has 0 aliphatic rings. The fourth-order valence-corrected chi connectivity index (χ4v) is 1.71. The molecule has 0 unspecified atom stereocenters. The highest BCUT2D eigenvalue weighted by molar-refractivity contribution is 5.82. The van der Waals surface area contributed by atoms with Crippen LogP contribution in [-0.2, 0) is 13.5 Å². The fourth-order valence-electron chi connectivity index (χ4n) is 1.71. The minimum Gasteiger partial charge on any atom is -0.508 e. The number of aromatic hydroxyl groups is 1. The Morgan fingerprint density at radius 2 is 2.08 bits per heavy atom. The summed E-state index contributed by atoms with van der Waals surface area (Å²) in [7, 11) is 2.03. The van der Waals surface area contributed by atoms with Gasteiger partial charge in [0.15, 0.2) is 0 Å². The highest BCUT2D eigenvalue weighted by Gasteiger charge is 2.03. The number of rotatable bonds is 1. The van der Waals surface area contributed by atoms with Gasteiger partial charge in [-0.25, -0.2) is 0 Å². The number of benzene rings is 1. The van der Waals surface area contributed by atoms with Crippen molar-refractivity contribution in [2.45, 2.75) is 13.3 Å². The second-order valence-electron chi connectivity index (χ2n) is 3.29. The molecule has 0 amide bonds. The average Bonchev–Trinajstić information content (AvgIpc) is 2.44. The lowest BCUT2D eigenvalue weighted by atomic mass is 10.2. The van der Waals surface area contributed by atoms with E-state index in [9.17, 15) is 5.11 Å². The summed E-state index contributed by atoms with van der Waals surface area (Å²) in [4.78, 5) is 0. The fraction of sp³-hybridized carbons (Fsp3) is 0.273. The van der Waals surface area contributed by atoms with Crippen LogP contribution in [0.1, 0.15) is 12.6 Å². The topological polar surface area (TPSA) is 25.2 Å². The van der Waals surface area contributed by atoms with Gasteiger partial charge in [-0.15, -0.1) is 0 Å². The molecule has 2 nitrogen and oxygen atoms in total. The third kappa shape index (κ3) is 1.18. The van der Waals surface area contributed by atoms with Crippen molar-refractivity contribution in [1.82, 2.24) is 4.57 Å². The lowest BCUT2D eigenvalue weighted by Crippen LogP contribution is -1.92. The zero-order valence-electron chi connectivity index (χ0n) is 7.91. The predicted octanol–water partition coefficient (Wildman–Crippen LogP) is 2.45. The number of phenolic OH excluding ortho intramolecular Hbond substituents is 1. The Morgan fingerprint density at radius 3 is 2.77 bits per heavy atom. The van der Waals surface area contributed by atoms with Crippen LogP contribution >= 0.6 is 0 Å². The molecular weight excluding hydrogens is 162 g/mol. The second kappa shape index (κ2) is 2.80. The maximum Gasteiger partial charge on any atom is 0.117 e. The third-order valence-electron chi connectivity index (χ3n) is 2.49. The Kier molecular flexibility index (Phi) is 1.76. The van der Waals surface area contributed by atoms with Crippen molar-refractivity contribution >= 4 is 10.9 Å². The molecule has 1 aromatic heterocycles. The predicted molar refractivity (Wildman–Crippen MR) is 54.0 cm³/mol. The van der Waals surface area contributed by atoms with E-state index in [1.807, 2.05) is 13.1 Å². The molecule has 0 fully saturated rings. The van der Waals surface area contributed by atoms with Crippen LogP contribution in [0.25, 0.3) is 10.9 Å². The number of nitrogens with zero attached hydrogens (tertiary/aromatic N) is 1. The molecule has 0 saturated heterocycles. The molecule has 68 valence electrons. The van der Waals surface area contributed by atoms with Crippen molar-refractivity contribution in [1.29, 1.82) is 0 Å². The van der Waals surface area contributed by atoms with Gasteiger partial charge >= 0.3 is 0 Å². The molecular formula is C11H13NO. The molecule has 1 heterocycles. The lowest BCUT2D eigenvalue weighted by Gasteiger charge is -2.00. The zero-order chi connectivity index (χ0) is 9.42. The number of aromatic nitrogens is 1. The van der Waals surface area contributed by atoms with E-state index in [1.165, 1.54) is 11.1 Å². The Labute approximate surface area is 77.4 Å². The highest BCUT2D eigenvalue weighted by atomic mass is 16.3. The second-order valence-corrected chi connectivity index (χ2v) is 3.29. The maximum absolute atomic E-state index is 9.32. The van der Waals surface area contributed by atoms with E-state index in [-0.39, 0.29) is 0 Å². The maximum atomic E-state index is 9.32. The largest absolute Gasteiger partial charge is 0.508 e. The number of phenols is 1. The van der Waals surface area contributed by atoms with Gasteiger partial charge in [-0.2, -0.15) is 0 Å². The molecule has 0 radical (unpaired) electrons. The van der Waals surface area contributed by atoms with Crippen LogP contribution in [0.3, 0.4) is 0 Å². The molecule has 0 atom stereocenters. The first-order valence-electron chi connectivity index (χ1n) is 4.49. The summed E-state index contributed by atoms with van der Waals surface area (Å²) in [5.41, 5.74) is 2.39. The number of fused-ring (bicyclic) bond motifs is 1. The summed E-state index contributed by atoms with van der Waals surface area (Å²) in [6, 6.07) is 7.63. The van der Waals surface area contributed by atoms with Gasteiger partial charge in [0.25, 0.3) is 0 Å². The van der Waals surface area contributed by atoms with Gasteiger partial charge in [-0.1, -0.05) is 6.92 Å². The zero-order valence-corrected chi connectivity index (χ0v) is 7.91. The standard InChI is InChI=1S/C11H13NO/c1-3-9-6-8-4-5-10(13)7-11(8)12(9)2/h4-7,13H,3H2,1-2H3. The number of hydrogen-bond donors (Lipinski definition) is 1. The van der Waals surface area contributed by atoms with E-state index in [0.29, 0.717) is 5.75 Å². The molecule has 2 aromatic rings. The first kappa shape index (κ1) is 8.17. The molecule has 1 aromatic carbocycles. The van der Waals surface area contributed by atoms with E-state index in [4.69, 9.17) is 0 Å². The first-order valence-corrected chi connectivity index (χ1v) is 4.49. The van der Waals surface area contributed by atoms with Crippen molar-refractivity contribution in [3.63, 3.8) is 0 Å². The van der Waals surface area contributed by atoms with E-state index >= 15 is 0 Å². The van der Waals surface area contributed by atoms with Crippen LogP contribution in [0.2, 0.25) is 0 Å². The minimum atomic E-state index is 0.330. The molecule has 2 heteroatoms. The van der Waals surface area contributed by atoms with E-state index in [0.717, 1.165) is 11.9 Å². The number of aryl methyl sites for hydroxylation is 2. The van der Waals surface area contributed by atoms with Crippen LogP contribution in [0.15, 0.2) is 24.3 Å². The summed E-state index contributed by atoms with van der Waals surface area (Å²) >= 11 is 0. The van der Waals surface area contributed by atoms with E-state index in [1.54, 1.807) is 12.1 Å². The van der Waals surface area contributed by atoms with Gasteiger partial charge < -0.3 is 9.67 Å². The Hall–Kier alpha value is -1.44. The minimum absolute atomic E-state index is 0.330. The summed E-state index contributed by atoms with van der Waals surface area (Å²) < 4.78 is 2.12. The van der Waals surface area contributed by atoms with E-state index < -0.39 is 0 Å². The van der Waals surface area contributed by atoms with Gasteiger partial charge in [-0.05, 0) is 24.6 Å². The molecule has 0 bridgehead atoms. The van der Waals surface area contributed by atoms with Gasteiger partial charge in [0.05, 0.1) is 5.52 Å². The summed E-state index contributed by atoms with van der Waals surface area (Å²) in [6.45, 7) is 2.13. The van der Waals surface area contributed by atoms with Crippen LogP contribution < -0.4 is 0 Å². The molecule has 0 aliphatic heterocycles. The number of hydrogen-bond acceptors (Lipinski definition) is 1. The monoisotopic (exact) mass is 175 g/mol. The van der Waals surface area contributed by atoms with Crippen molar-refractivity contribution in [2.75, 3.05) is 0 Å². The van der Waals surface area contributed by atoms with E-state index in [2.05, 4.69) is 17.6 Å². The molecule has 13 heavy (non-hydrogen) atoms. The van der Waals surface area contributed by atoms with Crippen LogP contribution in [0.5, 0.6) is 5.75 Å². The van der Waals surface area contributed by atoms with Crippen LogP contribution in [0.4, 0.5) is 0 Å². The van der Waals surface area contributed by atoms with Crippen molar-refractivity contribution in [3.8, 4) is 5.75 Å². The van der Waals surface area contributed by atoms with Crippen LogP contribution in [-0.4, -0.2) is 9.67 Å². The molecule has 0 saturated carbocycles. The molecule has 0 aliphatic carbocycles. The van der Waals surface area contributed by atoms with Gasteiger partial charge in [0, 0.05) is 24.2 Å². The Bertz CT molecular complexity index is 443. The molecule has 1 N–H and O–H groups in total. The summed E-state index contributed by atoms with van der Waals surface area (Å²) in [5, 5.41) is 10.5. The lowest BCUT2D eigenvalue weighted by molar-refractivity contribution is 0.476. The third-order valence-corrected chi connectivity index (χ3v) is 2.49. The Balaban J connectivity index is 2.77. The molecule has 2 rings (SSSR count).